The van der Waals surface area contributed by atoms with E-state index in [0.717, 1.165) is 125 Å². The van der Waals surface area contributed by atoms with Crippen molar-refractivity contribution in [3.05, 3.63) is 266 Å². The van der Waals surface area contributed by atoms with Crippen LogP contribution < -0.4 is 14.2 Å². The zero-order valence-electron chi connectivity index (χ0n) is 75.2. The Morgan fingerprint density at radius 1 is 0.391 bits per heavy atom. The summed E-state index contributed by atoms with van der Waals surface area (Å²) in [5.74, 6) is 1.40. The number of carbonyl (C=O) groups excluding carboxylic acids is 7. The smallest absolute Gasteiger partial charge is 0.410 e. The normalized spacial score (nSPS) is 16.2. The number of para-hydroxylation sites is 4. The first kappa shape index (κ1) is 99.2. The molecule has 3 aliphatic carbocycles. The predicted octanol–water partition coefficient (Wildman–Crippen LogP) is 20.4. The highest BCUT2D eigenvalue weighted by Crippen LogP contribution is 2.38. The molecule has 0 spiro atoms. The minimum atomic E-state index is -3.78. The fourth-order valence-electron chi connectivity index (χ4n) is 15.1. The van der Waals surface area contributed by atoms with Crippen LogP contribution in [0.25, 0.3) is 40.9 Å². The number of fused-ring (bicyclic) bond motifs is 4. The molecule has 700 valence electrons. The van der Waals surface area contributed by atoms with E-state index in [1.165, 1.54) is 86.4 Å². The molecule has 1 N–H and O–H groups in total. The average Bonchev–Trinajstić information content (AvgIpc) is 1.65. The summed E-state index contributed by atoms with van der Waals surface area (Å²) in [7, 11) is 7.44. The topological polar surface area (TPSA) is 340 Å². The van der Waals surface area contributed by atoms with E-state index in [2.05, 4.69) is 19.9 Å². The SMILES string of the molecule is CN(Cc1ccccc1)C(=O)OCc1nc2c(O)cccc2s1.CN(Cc1ccccc1)C(=O)OCc1nc2c(O[C@H]3CCC[C@H](OC=O)C3)cccc2s1.COC(=O)[C@H]1CCC[C@@H](OS(=O)(=O)c2ccc(C)cc2)C1.COC(=O)[C@H]1CCC[C@H](Oc2cccc3sc(COC(=O)N(C)Cc4ccccc4)nc23)C1.COc1cccc2sc(COC(=O)N(C)Cc3ccccc3)nc12. The number of amides is 4. The molecule has 6 atom stereocenters. The standard InChI is InChI=1S/C25H28N2O5S.C24H26N2O5S.C18H18N2O3S.C17H16N2O3S.C15H20O5S/c1-27(15-17-8-4-3-5-9-17)25(29)31-16-22-26-23-20(12-7-13-21(23)33-22)32-19-11-6-10-18(14-19)24(28)30-2;1-26(14-17-7-3-2-4-8-17)24(28)29-15-22-25-23-20(11-6-12-21(23)32-22)31-19-10-5-9-18(13-19)30-16-27;1-20(11-13-7-4-3-5-8-13)18(21)23-12-16-19-17-14(22-2)9-6-10-15(17)24-16;1-19(10-12-6-3-2-4-7-12)17(21)22-11-15-18-16-13(20)8-5-9-14(16)23-15;1-11-6-8-14(9-7-11)21(17,18)20-13-5-3-4-12(10-13)15(16)19-2/h3-5,7-9,12-13,18-19H,6,10-11,14-16H2,1-2H3;2-4,6-8,11-12,16,18-19H,5,9-10,13-15H2,1H3;3-10H,11-12H2,1-2H3;2-9,20H,10-11H2,1H3;6-9,12-13H,3-5,10H2,1-2H3/t2*18-,19-;;;12-,13+/m00..0/s1. The van der Waals surface area contributed by atoms with Gasteiger partial charge in [-0.1, -0.05) is 163 Å². The van der Waals surface area contributed by atoms with Gasteiger partial charge in [-0.3, -0.25) is 18.6 Å². The summed E-state index contributed by atoms with van der Waals surface area (Å²) < 4.78 is 87.7. The number of phenolic OH excluding ortho intramolecular Hbond substituents is 1. The van der Waals surface area contributed by atoms with Gasteiger partial charge in [0.2, 0.25) is 0 Å². The number of methoxy groups -OCH3 is 3. The van der Waals surface area contributed by atoms with Gasteiger partial charge in [-0.15, -0.1) is 45.3 Å². The van der Waals surface area contributed by atoms with Gasteiger partial charge in [0.15, 0.2) is 0 Å². The number of hydrogen-bond donors (Lipinski definition) is 1. The third-order valence-corrected chi connectivity index (χ3v) is 27.2. The summed E-state index contributed by atoms with van der Waals surface area (Å²) in [6, 6.07) is 68.2. The van der Waals surface area contributed by atoms with Gasteiger partial charge in [0, 0.05) is 60.8 Å². The lowest BCUT2D eigenvalue weighted by molar-refractivity contribution is -0.148. The van der Waals surface area contributed by atoms with Gasteiger partial charge in [-0.25, -0.2) is 39.1 Å². The molecule has 29 nitrogen and oxygen atoms in total. The van der Waals surface area contributed by atoms with Crippen LogP contribution >= 0.6 is 45.3 Å². The van der Waals surface area contributed by atoms with Crippen LogP contribution in [0.2, 0.25) is 0 Å². The van der Waals surface area contributed by atoms with E-state index in [1.807, 2.05) is 189 Å². The maximum atomic E-state index is 12.4. The second-order valence-electron chi connectivity index (χ2n) is 31.9. The van der Waals surface area contributed by atoms with Crippen molar-refractivity contribution < 1.29 is 98.6 Å². The number of thiazole rings is 4. The van der Waals surface area contributed by atoms with Crippen LogP contribution in [0.4, 0.5) is 19.2 Å². The van der Waals surface area contributed by atoms with Gasteiger partial charge < -0.3 is 72.1 Å². The van der Waals surface area contributed by atoms with Crippen LogP contribution in [0.5, 0.6) is 23.0 Å². The molecule has 4 amide bonds. The lowest BCUT2D eigenvalue weighted by Gasteiger charge is -2.28. The fraction of sp³-hybridized carbons (Fsp3) is 0.343. The van der Waals surface area contributed by atoms with Crippen LogP contribution in [0.1, 0.15) is 125 Å². The maximum Gasteiger partial charge on any atom is 0.410 e. The summed E-state index contributed by atoms with van der Waals surface area (Å²) in [5.41, 5.74) is 8.02. The molecule has 133 heavy (non-hydrogen) atoms. The van der Waals surface area contributed by atoms with Gasteiger partial charge in [0.25, 0.3) is 16.6 Å². The van der Waals surface area contributed by atoms with Crippen LogP contribution in [0, 0.1) is 18.8 Å². The predicted molar refractivity (Wildman–Crippen MR) is 508 cm³/mol. The minimum Gasteiger partial charge on any atom is -0.506 e. The highest BCUT2D eigenvalue weighted by Gasteiger charge is 2.34. The van der Waals surface area contributed by atoms with E-state index in [0.29, 0.717) is 90.4 Å². The molecule has 0 saturated heterocycles. The van der Waals surface area contributed by atoms with Gasteiger partial charge in [-0.2, -0.15) is 8.42 Å². The number of aromatic nitrogens is 4. The molecule has 0 radical (unpaired) electrons. The van der Waals surface area contributed by atoms with E-state index in [1.54, 1.807) is 64.5 Å². The first-order valence-electron chi connectivity index (χ1n) is 43.4. The molecule has 3 fully saturated rings. The lowest BCUT2D eigenvalue weighted by Crippen LogP contribution is -2.30. The molecule has 0 aliphatic heterocycles. The van der Waals surface area contributed by atoms with Crippen molar-refractivity contribution in [2.75, 3.05) is 49.5 Å². The number of esters is 2. The van der Waals surface area contributed by atoms with E-state index >= 15 is 0 Å². The number of rotatable bonds is 28. The van der Waals surface area contributed by atoms with Crippen LogP contribution in [-0.4, -0.2) is 170 Å². The van der Waals surface area contributed by atoms with E-state index < -0.39 is 34.5 Å². The zero-order chi connectivity index (χ0) is 94.2. The highest BCUT2D eigenvalue weighted by molar-refractivity contribution is 7.86. The number of benzene rings is 9. The Kier molecular flexibility index (Phi) is 37.0. The molecular formula is C99H108N8O21S5. The number of ether oxygens (including phenoxy) is 10. The van der Waals surface area contributed by atoms with Crippen molar-refractivity contribution >= 4 is 139 Å². The monoisotopic (exact) mass is 1900 g/mol. The van der Waals surface area contributed by atoms with Gasteiger partial charge in [0.1, 0.15) is 104 Å². The molecule has 4 aromatic heterocycles. The van der Waals surface area contributed by atoms with Crippen LogP contribution in [0.15, 0.2) is 223 Å². The summed E-state index contributed by atoms with van der Waals surface area (Å²) >= 11 is 5.86. The van der Waals surface area contributed by atoms with Crippen molar-refractivity contribution in [2.45, 2.75) is 166 Å². The van der Waals surface area contributed by atoms with Crippen molar-refractivity contribution in [2.24, 2.45) is 11.8 Å². The molecule has 4 heterocycles. The number of phenols is 1. The van der Waals surface area contributed by atoms with Crippen LogP contribution in [0.3, 0.4) is 0 Å². The zero-order valence-corrected chi connectivity index (χ0v) is 79.3. The molecule has 16 rings (SSSR count). The second-order valence-corrected chi connectivity index (χ2v) is 37.9. The minimum absolute atomic E-state index is 0.0195. The molecule has 0 unspecified atom stereocenters. The molecule has 0 bridgehead atoms. The Balaban J connectivity index is 0.000000152. The van der Waals surface area contributed by atoms with Gasteiger partial charge >= 0.3 is 36.3 Å². The summed E-state index contributed by atoms with van der Waals surface area (Å²) in [5, 5.41) is 12.6. The van der Waals surface area contributed by atoms with Crippen molar-refractivity contribution in [1.82, 2.24) is 39.5 Å². The van der Waals surface area contributed by atoms with Crippen molar-refractivity contribution in [1.29, 1.82) is 0 Å². The number of carbonyl (C=O) groups is 7. The van der Waals surface area contributed by atoms with Gasteiger partial charge in [-0.05, 0) is 160 Å². The third-order valence-electron chi connectivity index (χ3n) is 21.8. The molecule has 13 aromatic rings. The molecular weight excluding hydrogens is 1800 g/mol. The van der Waals surface area contributed by atoms with Crippen LogP contribution in [-0.2, 0) is 114 Å². The molecule has 3 saturated carbocycles. The maximum absolute atomic E-state index is 12.4. The van der Waals surface area contributed by atoms with Crippen molar-refractivity contribution in [3.8, 4) is 23.0 Å². The van der Waals surface area contributed by atoms with Crippen molar-refractivity contribution in [3.63, 3.8) is 0 Å². The largest absolute Gasteiger partial charge is 0.506 e. The Morgan fingerprint density at radius 3 is 1.08 bits per heavy atom. The summed E-state index contributed by atoms with van der Waals surface area (Å²) in [6.07, 6.45) is 7.02. The highest BCUT2D eigenvalue weighted by atomic mass is 32.2. The Hall–Kier alpha value is -12.9. The fourth-order valence-corrected chi connectivity index (χ4v) is 19.8. The number of aromatic hydroxyl groups is 1. The Labute approximate surface area is 788 Å². The molecule has 3 aliphatic rings. The Morgan fingerprint density at radius 2 is 0.714 bits per heavy atom. The van der Waals surface area contributed by atoms with E-state index in [9.17, 15) is 47.1 Å². The van der Waals surface area contributed by atoms with E-state index in [-0.39, 0.29) is 85.3 Å². The second kappa shape index (κ2) is 49.6. The molecule has 34 heteroatoms. The average molecular weight is 1910 g/mol. The van der Waals surface area contributed by atoms with E-state index in [4.69, 9.17) is 51.6 Å². The molecule has 9 aromatic carbocycles. The quantitative estimate of drug-likeness (QED) is 0.0206. The van der Waals surface area contributed by atoms with Gasteiger partial charge in [0.05, 0.1) is 69.1 Å². The summed E-state index contributed by atoms with van der Waals surface area (Å²) in [6.45, 7) is 4.81. The Bertz CT molecular complexity index is 6090. The number of aryl methyl sites for hydroxylation is 1. The third kappa shape index (κ3) is 29.6. The number of nitrogens with zero attached hydrogens (tertiary/aromatic N) is 8. The number of hydrogen-bond acceptors (Lipinski definition) is 29. The lowest BCUT2D eigenvalue weighted by atomic mass is 9.87. The first-order chi connectivity index (χ1) is 64.4. The first-order valence-corrected chi connectivity index (χ1v) is 48.1. The summed E-state index contributed by atoms with van der Waals surface area (Å²) in [4.78, 5) is 107.